The summed E-state index contributed by atoms with van der Waals surface area (Å²) in [4.78, 5) is 5.18. The predicted octanol–water partition coefficient (Wildman–Crippen LogP) is 15.5. The molecule has 2 nitrogen and oxygen atoms in total. The molecule has 0 aliphatic heterocycles. The molecule has 0 saturated heterocycles. The molecule has 12 rings (SSSR count). The van der Waals surface area contributed by atoms with Crippen molar-refractivity contribution in [3.05, 3.63) is 217 Å². The Hall–Kier alpha value is -7.55. The van der Waals surface area contributed by atoms with Crippen molar-refractivity contribution >= 4 is 43.4 Å². The van der Waals surface area contributed by atoms with Crippen molar-refractivity contribution in [2.75, 3.05) is 0 Å². The highest BCUT2D eigenvalue weighted by Crippen LogP contribution is 2.51. The standard InChI is InChI=1S/C58H40N2/c1-58(2)51-21-11-10-18-45(51)46-32-31-43(36-52(46)58)56-48-20-9-8-19-47(48)55(49-33-30-42(35-50(49)56)41-29-24-37-14-6-7-15-40(37)34-41)38-25-27-39(28-26-38)57-59-53-22-12-13-23-54(53)60(57)44-16-4-3-5-17-44/h3-36H,1-2H3. The van der Waals surface area contributed by atoms with Gasteiger partial charge in [-0.15, -0.1) is 0 Å². The van der Waals surface area contributed by atoms with Crippen LogP contribution >= 0.6 is 0 Å². The van der Waals surface area contributed by atoms with Gasteiger partial charge in [0.15, 0.2) is 0 Å². The summed E-state index contributed by atoms with van der Waals surface area (Å²) in [5.74, 6) is 0.931. The summed E-state index contributed by atoms with van der Waals surface area (Å²) in [6.07, 6.45) is 0. The monoisotopic (exact) mass is 764 g/mol. The lowest BCUT2D eigenvalue weighted by Gasteiger charge is -2.23. The van der Waals surface area contributed by atoms with Crippen LogP contribution in [0.2, 0.25) is 0 Å². The zero-order valence-corrected chi connectivity index (χ0v) is 33.5. The number of aromatic nitrogens is 2. The van der Waals surface area contributed by atoms with E-state index in [2.05, 4.69) is 225 Å². The molecule has 0 atom stereocenters. The summed E-state index contributed by atoms with van der Waals surface area (Å²) in [5.41, 5.74) is 17.0. The molecule has 1 heterocycles. The number of hydrogen-bond acceptors (Lipinski definition) is 1. The van der Waals surface area contributed by atoms with Gasteiger partial charge in [0, 0.05) is 16.7 Å². The van der Waals surface area contributed by atoms with Crippen LogP contribution in [0.15, 0.2) is 206 Å². The molecule has 0 saturated carbocycles. The fourth-order valence-corrected chi connectivity index (χ4v) is 10.1. The molecule has 10 aromatic carbocycles. The predicted molar refractivity (Wildman–Crippen MR) is 253 cm³/mol. The van der Waals surface area contributed by atoms with Crippen LogP contribution in [-0.2, 0) is 5.41 Å². The number of rotatable bonds is 5. The molecule has 1 aliphatic carbocycles. The van der Waals surface area contributed by atoms with Crippen LogP contribution in [-0.4, -0.2) is 9.55 Å². The molecule has 0 spiro atoms. The third-order valence-corrected chi connectivity index (χ3v) is 13.0. The zero-order valence-electron chi connectivity index (χ0n) is 33.5. The minimum Gasteiger partial charge on any atom is -0.292 e. The van der Waals surface area contributed by atoms with Crippen LogP contribution in [0.1, 0.15) is 25.0 Å². The number of imidazole rings is 1. The molecular formula is C58H40N2. The second kappa shape index (κ2) is 13.2. The van der Waals surface area contributed by atoms with Gasteiger partial charge in [-0.1, -0.05) is 178 Å². The van der Waals surface area contributed by atoms with Gasteiger partial charge in [0.05, 0.1) is 11.0 Å². The molecular weight excluding hydrogens is 725 g/mol. The number of hydrogen-bond donors (Lipinski definition) is 0. The number of para-hydroxylation sites is 3. The molecule has 0 amide bonds. The Balaban J connectivity index is 1.09. The Morgan fingerprint density at radius 2 is 0.967 bits per heavy atom. The molecule has 0 bridgehead atoms. The van der Waals surface area contributed by atoms with E-state index in [1.54, 1.807) is 0 Å². The van der Waals surface area contributed by atoms with E-state index in [0.29, 0.717) is 0 Å². The third-order valence-electron chi connectivity index (χ3n) is 13.0. The van der Waals surface area contributed by atoms with Crippen LogP contribution in [0.5, 0.6) is 0 Å². The Morgan fingerprint density at radius 3 is 1.80 bits per heavy atom. The SMILES string of the molecule is CC1(C)c2ccccc2-c2ccc(-c3c4ccccc4c(-c4ccc(-c5nc6ccccc6n5-c5ccccc5)cc4)c4ccc(-c5ccc6ccccc6c5)cc34)cc21. The first-order valence-electron chi connectivity index (χ1n) is 20.9. The van der Waals surface area contributed by atoms with Gasteiger partial charge in [-0.2, -0.15) is 0 Å². The summed E-state index contributed by atoms with van der Waals surface area (Å²) in [7, 11) is 0. The van der Waals surface area contributed by atoms with E-state index in [9.17, 15) is 0 Å². The molecule has 282 valence electrons. The van der Waals surface area contributed by atoms with E-state index >= 15 is 0 Å². The second-order valence-corrected chi connectivity index (χ2v) is 16.7. The van der Waals surface area contributed by atoms with E-state index in [1.807, 2.05) is 0 Å². The largest absolute Gasteiger partial charge is 0.292 e. The van der Waals surface area contributed by atoms with Crippen LogP contribution < -0.4 is 0 Å². The molecule has 0 unspecified atom stereocenters. The number of nitrogens with zero attached hydrogens (tertiary/aromatic N) is 2. The molecule has 0 N–H and O–H groups in total. The first-order valence-corrected chi connectivity index (χ1v) is 20.9. The maximum atomic E-state index is 5.18. The van der Waals surface area contributed by atoms with Crippen molar-refractivity contribution in [3.8, 4) is 61.6 Å². The molecule has 60 heavy (non-hydrogen) atoms. The van der Waals surface area contributed by atoms with E-state index in [4.69, 9.17) is 4.98 Å². The van der Waals surface area contributed by atoms with Crippen molar-refractivity contribution in [2.45, 2.75) is 19.3 Å². The molecule has 1 aliphatic rings. The smallest absolute Gasteiger partial charge is 0.145 e. The number of fused-ring (bicyclic) bond motifs is 7. The Bertz CT molecular complexity index is 3500. The fourth-order valence-electron chi connectivity index (χ4n) is 10.1. The lowest BCUT2D eigenvalue weighted by molar-refractivity contribution is 0.660. The Kier molecular flexibility index (Phi) is 7.61. The van der Waals surface area contributed by atoms with Crippen LogP contribution in [0.25, 0.3) is 105 Å². The Morgan fingerprint density at radius 1 is 0.383 bits per heavy atom. The second-order valence-electron chi connectivity index (χ2n) is 16.7. The van der Waals surface area contributed by atoms with Crippen LogP contribution in [0.4, 0.5) is 0 Å². The number of benzene rings is 10. The lowest BCUT2D eigenvalue weighted by atomic mass is 9.80. The highest BCUT2D eigenvalue weighted by atomic mass is 15.1. The van der Waals surface area contributed by atoms with Crippen molar-refractivity contribution in [3.63, 3.8) is 0 Å². The van der Waals surface area contributed by atoms with Gasteiger partial charge in [0.25, 0.3) is 0 Å². The average Bonchev–Trinajstić information content (AvgIpc) is 3.80. The minimum atomic E-state index is -0.105. The maximum Gasteiger partial charge on any atom is 0.145 e. The van der Waals surface area contributed by atoms with E-state index in [-0.39, 0.29) is 5.41 Å². The highest BCUT2D eigenvalue weighted by molar-refractivity contribution is 6.22. The van der Waals surface area contributed by atoms with Crippen LogP contribution in [0.3, 0.4) is 0 Å². The summed E-state index contributed by atoms with van der Waals surface area (Å²) >= 11 is 0. The summed E-state index contributed by atoms with van der Waals surface area (Å²) < 4.78 is 2.27. The van der Waals surface area contributed by atoms with Crippen LogP contribution in [0, 0.1) is 0 Å². The maximum absolute atomic E-state index is 5.18. The minimum absolute atomic E-state index is 0.105. The average molecular weight is 765 g/mol. The highest BCUT2D eigenvalue weighted by Gasteiger charge is 2.35. The van der Waals surface area contributed by atoms with E-state index in [0.717, 1.165) is 28.1 Å². The van der Waals surface area contributed by atoms with Gasteiger partial charge in [-0.25, -0.2) is 4.98 Å². The summed E-state index contributed by atoms with van der Waals surface area (Å²) in [6.45, 7) is 4.74. The van der Waals surface area contributed by atoms with Gasteiger partial charge < -0.3 is 0 Å². The molecule has 0 fully saturated rings. The molecule has 1 aromatic heterocycles. The quantitative estimate of drug-likeness (QED) is 0.160. The first-order chi connectivity index (χ1) is 29.5. The molecule has 0 radical (unpaired) electrons. The van der Waals surface area contributed by atoms with E-state index < -0.39 is 0 Å². The van der Waals surface area contributed by atoms with Gasteiger partial charge >= 0.3 is 0 Å². The Labute approximate surface area is 349 Å². The molecule has 2 heteroatoms. The van der Waals surface area contributed by atoms with Crippen molar-refractivity contribution < 1.29 is 0 Å². The van der Waals surface area contributed by atoms with Gasteiger partial charge in [-0.3, -0.25) is 4.57 Å². The van der Waals surface area contributed by atoms with Crippen molar-refractivity contribution in [1.29, 1.82) is 0 Å². The van der Waals surface area contributed by atoms with Gasteiger partial charge in [0.2, 0.25) is 0 Å². The lowest BCUT2D eigenvalue weighted by Crippen LogP contribution is -2.14. The summed E-state index contributed by atoms with van der Waals surface area (Å²) in [6, 6.07) is 75.7. The first kappa shape index (κ1) is 34.5. The normalized spacial score (nSPS) is 13.0. The van der Waals surface area contributed by atoms with Gasteiger partial charge in [0.1, 0.15) is 5.82 Å². The van der Waals surface area contributed by atoms with Crippen molar-refractivity contribution in [1.82, 2.24) is 9.55 Å². The fraction of sp³-hybridized carbons (Fsp3) is 0.0517. The van der Waals surface area contributed by atoms with Gasteiger partial charge in [-0.05, 0) is 130 Å². The zero-order chi connectivity index (χ0) is 40.0. The summed E-state index contributed by atoms with van der Waals surface area (Å²) in [5, 5.41) is 7.47. The third kappa shape index (κ3) is 5.24. The van der Waals surface area contributed by atoms with Crippen molar-refractivity contribution in [2.24, 2.45) is 0 Å². The van der Waals surface area contributed by atoms with E-state index in [1.165, 1.54) is 88.0 Å². The topological polar surface area (TPSA) is 17.8 Å². The molecule has 11 aromatic rings.